The maximum Gasteiger partial charge on any atom is 0.510 e. The Labute approximate surface area is 337 Å². The van der Waals surface area contributed by atoms with Crippen LogP contribution in [0.5, 0.6) is 5.75 Å². The number of rotatable bonds is 17. The van der Waals surface area contributed by atoms with Gasteiger partial charge < -0.3 is 38.6 Å². The van der Waals surface area contributed by atoms with Crippen molar-refractivity contribution in [2.45, 2.75) is 65.1 Å². The van der Waals surface area contributed by atoms with Crippen LogP contribution < -0.4 is 20.5 Å². The van der Waals surface area contributed by atoms with Crippen molar-refractivity contribution in [2.24, 2.45) is 0 Å². The number of carbonyl (C=O) groups is 4. The lowest BCUT2D eigenvalue weighted by Gasteiger charge is -2.52. The molecule has 1 atom stereocenters. The SMILES string of the molecule is CC(C)OC(=O)OCOP(=O)(CCN1C(=O)c2c(OCc3ccccc3)c(=O)c(C(=O)NCc3ccc(F)cc3F)cn2N(C)C12CCOC2)OCOC(=O)OC(C)C. The maximum atomic E-state index is 14.8. The smallest absolute Gasteiger partial charge is 0.482 e. The van der Waals surface area contributed by atoms with Gasteiger partial charge >= 0.3 is 19.9 Å². The Hall–Kier alpha value is -5.56. The molecule has 3 aromatic rings. The van der Waals surface area contributed by atoms with Gasteiger partial charge in [-0.3, -0.25) is 37.7 Å². The molecule has 18 nitrogen and oxygen atoms in total. The lowest BCUT2D eigenvalue weighted by atomic mass is 10.0. The van der Waals surface area contributed by atoms with E-state index in [-0.39, 0.29) is 37.5 Å². The van der Waals surface area contributed by atoms with Crippen LogP contribution in [0.2, 0.25) is 0 Å². The van der Waals surface area contributed by atoms with Gasteiger partial charge in [0.25, 0.3) is 11.8 Å². The van der Waals surface area contributed by atoms with E-state index in [2.05, 4.69) is 5.32 Å². The molecule has 1 unspecified atom stereocenters. The number of benzene rings is 2. The number of carbonyl (C=O) groups excluding carboxylic acids is 4. The van der Waals surface area contributed by atoms with Crippen LogP contribution in [0.4, 0.5) is 18.4 Å². The number of halogens is 2. The molecule has 1 saturated heterocycles. The first-order valence-corrected chi connectivity index (χ1v) is 20.1. The van der Waals surface area contributed by atoms with Crippen molar-refractivity contribution in [1.29, 1.82) is 0 Å². The fourth-order valence-electron chi connectivity index (χ4n) is 6.14. The van der Waals surface area contributed by atoms with E-state index in [0.717, 1.165) is 18.3 Å². The minimum absolute atomic E-state index is 0.0438. The van der Waals surface area contributed by atoms with Crippen LogP contribution in [0.15, 0.2) is 59.5 Å². The highest BCUT2D eigenvalue weighted by atomic mass is 31.2. The quantitative estimate of drug-likeness (QED) is 0.108. The van der Waals surface area contributed by atoms with Gasteiger partial charge in [-0.2, -0.15) is 0 Å². The second kappa shape index (κ2) is 19.5. The fraction of sp³-hybridized carbons (Fsp3) is 0.447. The Morgan fingerprint density at radius 2 is 1.59 bits per heavy atom. The largest absolute Gasteiger partial charge is 0.510 e. The molecular weight excluding hydrogens is 805 g/mol. The summed E-state index contributed by atoms with van der Waals surface area (Å²) in [6.07, 6.45) is -2.55. The van der Waals surface area contributed by atoms with Crippen LogP contribution in [0.25, 0.3) is 0 Å². The highest BCUT2D eigenvalue weighted by molar-refractivity contribution is 7.53. The van der Waals surface area contributed by atoms with Gasteiger partial charge in [0, 0.05) is 44.4 Å². The first-order valence-electron chi connectivity index (χ1n) is 18.4. The molecule has 1 aromatic heterocycles. The minimum atomic E-state index is -4.41. The summed E-state index contributed by atoms with van der Waals surface area (Å²) in [6, 6.07) is 11.5. The van der Waals surface area contributed by atoms with Gasteiger partial charge in [0.05, 0.1) is 31.6 Å². The zero-order chi connectivity index (χ0) is 42.9. The second-order valence-corrected chi connectivity index (χ2v) is 16.0. The van der Waals surface area contributed by atoms with Crippen molar-refractivity contribution >= 4 is 31.7 Å². The molecule has 2 aliphatic heterocycles. The fourth-order valence-corrected chi connectivity index (χ4v) is 7.34. The van der Waals surface area contributed by atoms with Gasteiger partial charge in [-0.05, 0) is 39.3 Å². The van der Waals surface area contributed by atoms with Crippen molar-refractivity contribution in [3.63, 3.8) is 0 Å². The van der Waals surface area contributed by atoms with Gasteiger partial charge in [-0.1, -0.05) is 36.4 Å². The number of aromatic nitrogens is 1. The summed E-state index contributed by atoms with van der Waals surface area (Å²) in [5, 5.41) is 4.04. The third-order valence-corrected chi connectivity index (χ3v) is 10.8. The standard InChI is InChI=1S/C38H45F2N4O14P/c1-24(2)57-36(48)53-22-55-59(50,56-23-54-37(49)58-25(3)4)16-14-43-35(47)31-33(52-20-26-9-7-6-8-10-26)32(45)29(19-44(31)42(5)38(43)13-15-51-21-38)34(46)41-18-27-11-12-28(39)17-30(27)40/h6-12,17,19,24-25H,13-16,18,20-23H2,1-5H3,(H,41,46). The summed E-state index contributed by atoms with van der Waals surface area (Å²) in [5.41, 5.74) is -2.48. The number of hydrogen-bond acceptors (Lipinski definition) is 15. The van der Waals surface area contributed by atoms with E-state index >= 15 is 0 Å². The molecule has 0 bridgehead atoms. The van der Waals surface area contributed by atoms with E-state index < -0.39 is 111 Å². The number of ether oxygens (including phenoxy) is 6. The molecule has 0 radical (unpaired) electrons. The molecule has 1 fully saturated rings. The predicted octanol–water partition coefficient (Wildman–Crippen LogP) is 5.04. The summed E-state index contributed by atoms with van der Waals surface area (Å²) < 4.78 is 85.5. The Balaban J connectivity index is 1.49. The third-order valence-electron chi connectivity index (χ3n) is 9.04. The Bertz CT molecular complexity index is 2080. The maximum absolute atomic E-state index is 14.8. The van der Waals surface area contributed by atoms with Crippen LogP contribution in [-0.4, -0.2) is 98.1 Å². The number of nitrogens with zero attached hydrogens (tertiary/aromatic N) is 3. The summed E-state index contributed by atoms with van der Waals surface area (Å²) >= 11 is 0. The summed E-state index contributed by atoms with van der Waals surface area (Å²) in [5.74, 6) is -3.96. The first-order chi connectivity index (χ1) is 28.0. The monoisotopic (exact) mass is 850 g/mol. The Morgan fingerprint density at radius 3 is 2.17 bits per heavy atom. The van der Waals surface area contributed by atoms with Crippen molar-refractivity contribution in [3.8, 4) is 5.75 Å². The van der Waals surface area contributed by atoms with Crippen LogP contribution >= 0.6 is 7.60 Å². The Morgan fingerprint density at radius 1 is 0.949 bits per heavy atom. The zero-order valence-electron chi connectivity index (χ0n) is 33.0. The molecule has 21 heteroatoms. The number of amides is 2. The molecule has 3 heterocycles. The average molecular weight is 851 g/mol. The van der Waals surface area contributed by atoms with Gasteiger partial charge in [0.15, 0.2) is 17.1 Å². The van der Waals surface area contributed by atoms with Crippen molar-refractivity contribution in [1.82, 2.24) is 14.9 Å². The lowest BCUT2D eigenvalue weighted by molar-refractivity contribution is -0.0307. The Kier molecular flexibility index (Phi) is 14.7. The van der Waals surface area contributed by atoms with E-state index in [0.29, 0.717) is 11.6 Å². The molecule has 320 valence electrons. The minimum Gasteiger partial charge on any atom is -0.482 e. The van der Waals surface area contributed by atoms with Crippen LogP contribution in [0.3, 0.4) is 0 Å². The lowest BCUT2D eigenvalue weighted by Crippen LogP contribution is -2.70. The highest BCUT2D eigenvalue weighted by Crippen LogP contribution is 2.49. The first kappa shape index (κ1) is 44.5. The molecule has 0 aliphatic carbocycles. The number of pyridine rings is 1. The van der Waals surface area contributed by atoms with E-state index in [1.54, 1.807) is 70.1 Å². The molecule has 1 N–H and O–H groups in total. The number of fused-ring (bicyclic) bond motifs is 1. The van der Waals surface area contributed by atoms with Crippen molar-refractivity contribution in [2.75, 3.05) is 51.6 Å². The summed E-state index contributed by atoms with van der Waals surface area (Å²) in [6.45, 7) is 3.59. The number of nitrogens with one attached hydrogen (secondary N) is 1. The van der Waals surface area contributed by atoms with Crippen molar-refractivity contribution < 1.29 is 70.0 Å². The molecule has 5 rings (SSSR count). The number of likely N-dealkylation sites (N-methyl/N-ethyl adjacent to an activating group) is 1. The molecule has 2 amide bonds. The molecule has 2 aromatic carbocycles. The molecule has 59 heavy (non-hydrogen) atoms. The van der Waals surface area contributed by atoms with Crippen LogP contribution in [0.1, 0.15) is 66.1 Å². The summed E-state index contributed by atoms with van der Waals surface area (Å²) in [7, 11) is -2.83. The van der Waals surface area contributed by atoms with E-state index in [1.807, 2.05) is 0 Å². The number of hydrogen-bond donors (Lipinski definition) is 1. The molecule has 2 aliphatic rings. The molecule has 0 saturated carbocycles. The zero-order valence-corrected chi connectivity index (χ0v) is 33.9. The van der Waals surface area contributed by atoms with E-state index in [4.69, 9.17) is 37.5 Å². The van der Waals surface area contributed by atoms with Crippen molar-refractivity contribution in [3.05, 3.63) is 99.0 Å². The van der Waals surface area contributed by atoms with Gasteiger partial charge in [-0.25, -0.2) is 18.4 Å². The normalized spacial score (nSPS) is 16.3. The van der Waals surface area contributed by atoms with Gasteiger partial charge in [0.1, 0.15) is 23.8 Å². The molecule has 1 spiro atoms. The van der Waals surface area contributed by atoms with Crippen LogP contribution in [-0.2, 0) is 50.4 Å². The van der Waals surface area contributed by atoms with E-state index in [9.17, 15) is 37.3 Å². The van der Waals surface area contributed by atoms with Gasteiger partial charge in [-0.15, -0.1) is 0 Å². The summed E-state index contributed by atoms with van der Waals surface area (Å²) in [4.78, 5) is 67.9. The van der Waals surface area contributed by atoms with Gasteiger partial charge in [0.2, 0.25) is 19.0 Å². The third kappa shape index (κ3) is 10.9. The topological polar surface area (TPSA) is 200 Å². The predicted molar refractivity (Wildman–Crippen MR) is 202 cm³/mol. The van der Waals surface area contributed by atoms with E-state index in [1.165, 1.54) is 9.58 Å². The van der Waals surface area contributed by atoms with Crippen LogP contribution in [0, 0.1) is 11.6 Å². The highest BCUT2D eigenvalue weighted by Gasteiger charge is 2.53. The molecular formula is C38H45F2N4O14P. The second-order valence-electron chi connectivity index (χ2n) is 13.8. The average Bonchev–Trinajstić information content (AvgIpc) is 3.66.